The molecule has 2 rings (SSSR count). The molecule has 0 radical (unpaired) electrons. The van der Waals surface area contributed by atoms with E-state index in [0.717, 1.165) is 34.1 Å². The summed E-state index contributed by atoms with van der Waals surface area (Å²) in [5, 5.41) is 0.161. The van der Waals surface area contributed by atoms with E-state index >= 15 is 0 Å². The van der Waals surface area contributed by atoms with Crippen molar-refractivity contribution in [2.45, 2.75) is 72.5 Å². The van der Waals surface area contributed by atoms with E-state index < -0.39 is 8.32 Å². The van der Waals surface area contributed by atoms with Gasteiger partial charge in [-0.3, -0.25) is 0 Å². The summed E-state index contributed by atoms with van der Waals surface area (Å²) >= 11 is 0. The van der Waals surface area contributed by atoms with Crippen LogP contribution in [0.3, 0.4) is 0 Å². The number of rotatable bonds is 5. The van der Waals surface area contributed by atoms with Crippen LogP contribution in [0.1, 0.15) is 57.2 Å². The fourth-order valence-electron chi connectivity index (χ4n) is 2.82. The molecule has 148 valence electrons. The zero-order valence-corrected chi connectivity index (χ0v) is 19.4. The standard InChI is InChI=1S/C23H35NO2Si/c1-15(2)20-14-19(25-22-16(3)12-18(24)13-17(22)4)10-11-21(20)26-27(8,9)23(5,6)7/h10-15H,24H2,1-9H3. The number of benzene rings is 2. The molecular weight excluding hydrogens is 350 g/mol. The zero-order valence-electron chi connectivity index (χ0n) is 18.4. The number of hydrogen-bond acceptors (Lipinski definition) is 3. The molecule has 2 aromatic carbocycles. The largest absolute Gasteiger partial charge is 0.543 e. The van der Waals surface area contributed by atoms with Crippen molar-refractivity contribution in [3.63, 3.8) is 0 Å². The van der Waals surface area contributed by atoms with Crippen molar-refractivity contribution in [2.24, 2.45) is 0 Å². The average Bonchev–Trinajstić information content (AvgIpc) is 2.50. The van der Waals surface area contributed by atoms with Crippen molar-refractivity contribution in [3.8, 4) is 17.2 Å². The molecule has 0 aliphatic heterocycles. The molecule has 0 fully saturated rings. The van der Waals surface area contributed by atoms with Gasteiger partial charge >= 0.3 is 0 Å². The van der Waals surface area contributed by atoms with Crippen LogP contribution in [-0.2, 0) is 0 Å². The molecule has 0 aliphatic carbocycles. The topological polar surface area (TPSA) is 44.5 Å². The van der Waals surface area contributed by atoms with Crippen LogP contribution in [0, 0.1) is 13.8 Å². The Morgan fingerprint density at radius 2 is 1.52 bits per heavy atom. The summed E-state index contributed by atoms with van der Waals surface area (Å²) in [6.07, 6.45) is 0. The average molecular weight is 386 g/mol. The molecule has 0 atom stereocenters. The van der Waals surface area contributed by atoms with Gasteiger partial charge in [-0.25, -0.2) is 0 Å². The van der Waals surface area contributed by atoms with Crippen LogP contribution >= 0.6 is 0 Å². The summed E-state index contributed by atoms with van der Waals surface area (Å²) in [4.78, 5) is 0. The molecule has 0 bridgehead atoms. The van der Waals surface area contributed by atoms with Crippen molar-refractivity contribution in [1.29, 1.82) is 0 Å². The van der Waals surface area contributed by atoms with Crippen LogP contribution in [0.25, 0.3) is 0 Å². The molecule has 0 aromatic heterocycles. The second-order valence-electron chi connectivity index (χ2n) is 9.30. The van der Waals surface area contributed by atoms with E-state index in [1.807, 2.05) is 32.0 Å². The lowest BCUT2D eigenvalue weighted by Gasteiger charge is -2.37. The van der Waals surface area contributed by atoms with Gasteiger partial charge in [0.15, 0.2) is 0 Å². The van der Waals surface area contributed by atoms with Crippen LogP contribution in [0.4, 0.5) is 5.69 Å². The Bertz CT molecular complexity index is 797. The Morgan fingerprint density at radius 3 is 2.00 bits per heavy atom. The van der Waals surface area contributed by atoms with Crippen molar-refractivity contribution in [3.05, 3.63) is 47.0 Å². The molecule has 0 unspecified atom stereocenters. The summed E-state index contributed by atoms with van der Waals surface area (Å²) in [7, 11) is -1.89. The molecule has 27 heavy (non-hydrogen) atoms. The molecule has 0 aliphatic rings. The van der Waals surface area contributed by atoms with Crippen LogP contribution < -0.4 is 14.9 Å². The minimum Gasteiger partial charge on any atom is -0.543 e. The monoisotopic (exact) mass is 385 g/mol. The second-order valence-corrected chi connectivity index (χ2v) is 14.0. The van der Waals surface area contributed by atoms with E-state index in [9.17, 15) is 0 Å². The van der Waals surface area contributed by atoms with Crippen LogP contribution in [-0.4, -0.2) is 8.32 Å². The Hall–Kier alpha value is -1.94. The summed E-state index contributed by atoms with van der Waals surface area (Å²) < 4.78 is 12.8. The number of ether oxygens (including phenoxy) is 1. The summed E-state index contributed by atoms with van der Waals surface area (Å²) in [5.41, 5.74) is 9.96. The normalized spacial score (nSPS) is 12.4. The first-order chi connectivity index (χ1) is 12.3. The van der Waals surface area contributed by atoms with Crippen LogP contribution in [0.2, 0.25) is 18.1 Å². The van der Waals surface area contributed by atoms with E-state index in [4.69, 9.17) is 14.9 Å². The third-order valence-electron chi connectivity index (χ3n) is 5.48. The minimum absolute atomic E-state index is 0.161. The third-order valence-corrected chi connectivity index (χ3v) is 9.82. The lowest BCUT2D eigenvalue weighted by molar-refractivity contribution is 0.464. The lowest BCUT2D eigenvalue weighted by Crippen LogP contribution is -2.44. The molecule has 4 heteroatoms. The Kier molecular flexibility index (Phi) is 6.00. The lowest BCUT2D eigenvalue weighted by atomic mass is 10.0. The maximum atomic E-state index is 6.59. The van der Waals surface area contributed by atoms with Crippen molar-refractivity contribution in [1.82, 2.24) is 0 Å². The fraction of sp³-hybridized carbons (Fsp3) is 0.478. The highest BCUT2D eigenvalue weighted by atomic mass is 28.4. The van der Waals surface area contributed by atoms with Crippen LogP contribution in [0.15, 0.2) is 30.3 Å². The molecule has 2 N–H and O–H groups in total. The number of anilines is 1. The predicted molar refractivity (Wildman–Crippen MR) is 119 cm³/mol. The van der Waals surface area contributed by atoms with Crippen LogP contribution in [0.5, 0.6) is 17.2 Å². The number of aryl methyl sites for hydroxylation is 2. The highest BCUT2D eigenvalue weighted by molar-refractivity contribution is 6.74. The second kappa shape index (κ2) is 7.59. The number of nitrogens with two attached hydrogens (primary N) is 1. The van der Waals surface area contributed by atoms with E-state index in [1.54, 1.807) is 0 Å². The molecule has 0 heterocycles. The highest BCUT2D eigenvalue weighted by Crippen LogP contribution is 2.41. The number of hydrogen-bond donors (Lipinski definition) is 1. The first-order valence-corrected chi connectivity index (χ1v) is 12.6. The van der Waals surface area contributed by atoms with Gasteiger partial charge in [0.25, 0.3) is 0 Å². The Morgan fingerprint density at radius 1 is 0.963 bits per heavy atom. The SMILES string of the molecule is Cc1cc(N)cc(C)c1Oc1ccc(O[Si](C)(C)C(C)(C)C)c(C(C)C)c1. The van der Waals surface area contributed by atoms with Crippen molar-refractivity contribution < 1.29 is 9.16 Å². The van der Waals surface area contributed by atoms with E-state index in [-0.39, 0.29) is 5.04 Å². The van der Waals surface area contributed by atoms with Crippen molar-refractivity contribution in [2.75, 3.05) is 5.73 Å². The fourth-order valence-corrected chi connectivity index (χ4v) is 3.87. The summed E-state index contributed by atoms with van der Waals surface area (Å²) in [6.45, 7) is 19.8. The summed E-state index contributed by atoms with van der Waals surface area (Å²) in [5.74, 6) is 3.03. The minimum atomic E-state index is -1.89. The van der Waals surface area contributed by atoms with Gasteiger partial charge < -0.3 is 14.9 Å². The first kappa shape index (κ1) is 21.4. The molecule has 0 saturated heterocycles. The summed E-state index contributed by atoms with van der Waals surface area (Å²) in [6, 6.07) is 10.1. The quantitative estimate of drug-likeness (QED) is 0.437. The molecule has 3 nitrogen and oxygen atoms in total. The predicted octanol–water partition coefficient (Wildman–Crippen LogP) is 7.19. The van der Waals surface area contributed by atoms with E-state index in [2.05, 4.69) is 59.8 Å². The molecule has 0 amide bonds. The van der Waals surface area contributed by atoms with E-state index in [0.29, 0.717) is 5.92 Å². The van der Waals surface area contributed by atoms with Gasteiger partial charge in [0.1, 0.15) is 17.2 Å². The zero-order chi connectivity index (χ0) is 20.6. The molecule has 0 spiro atoms. The maximum Gasteiger partial charge on any atom is 0.250 e. The highest BCUT2D eigenvalue weighted by Gasteiger charge is 2.39. The Labute approximate surface area is 166 Å². The van der Waals surface area contributed by atoms with Gasteiger partial charge in [-0.2, -0.15) is 0 Å². The molecule has 0 saturated carbocycles. The van der Waals surface area contributed by atoms with Gasteiger partial charge in [0.05, 0.1) is 0 Å². The smallest absolute Gasteiger partial charge is 0.250 e. The first-order valence-electron chi connectivity index (χ1n) is 9.69. The maximum absolute atomic E-state index is 6.59. The Balaban J connectivity index is 2.39. The van der Waals surface area contributed by atoms with Gasteiger partial charge in [0, 0.05) is 5.69 Å². The number of nitrogen functional groups attached to an aromatic ring is 1. The molecular formula is C23H35NO2Si. The third kappa shape index (κ3) is 4.86. The molecule has 2 aromatic rings. The van der Waals surface area contributed by atoms with Crippen molar-refractivity contribution >= 4 is 14.0 Å². The van der Waals surface area contributed by atoms with E-state index in [1.165, 1.54) is 5.56 Å². The van der Waals surface area contributed by atoms with Gasteiger partial charge in [-0.1, -0.05) is 34.6 Å². The van der Waals surface area contributed by atoms with Gasteiger partial charge in [0.2, 0.25) is 8.32 Å². The van der Waals surface area contributed by atoms with Gasteiger partial charge in [-0.15, -0.1) is 0 Å². The van der Waals surface area contributed by atoms with Gasteiger partial charge in [-0.05, 0) is 84.9 Å².